The van der Waals surface area contributed by atoms with E-state index in [1.54, 1.807) is 30.3 Å². The van der Waals surface area contributed by atoms with E-state index in [1.807, 2.05) is 22.6 Å². The lowest BCUT2D eigenvalue weighted by Crippen LogP contribution is -2.66. The molecule has 13 heteroatoms. The predicted octanol–water partition coefficient (Wildman–Crippen LogP) is 3.63. The van der Waals surface area contributed by atoms with Crippen molar-refractivity contribution >= 4 is 56.8 Å². The lowest BCUT2D eigenvalue weighted by molar-refractivity contribution is -0.0706. The molecule has 196 valence electrons. The number of hydrogen-bond donors (Lipinski definition) is 4. The summed E-state index contributed by atoms with van der Waals surface area (Å²) in [7, 11) is 0. The lowest BCUT2D eigenvalue weighted by atomic mass is 9.92. The third-order valence-corrected chi connectivity index (χ3v) is 6.77. The van der Waals surface area contributed by atoms with Crippen LogP contribution in [0.2, 0.25) is 0 Å². The summed E-state index contributed by atoms with van der Waals surface area (Å²) in [5.74, 6) is -3.88. The van der Waals surface area contributed by atoms with Gasteiger partial charge in [-0.1, -0.05) is 12.1 Å². The molecule has 4 rings (SSSR count). The molecule has 8 nitrogen and oxygen atoms in total. The molecule has 3 aromatic carbocycles. The van der Waals surface area contributed by atoms with Crippen LogP contribution in [0.4, 0.5) is 30.2 Å². The van der Waals surface area contributed by atoms with E-state index in [0.29, 0.717) is 14.8 Å². The van der Waals surface area contributed by atoms with Gasteiger partial charge in [0, 0.05) is 33.6 Å². The molecule has 1 aliphatic rings. The van der Waals surface area contributed by atoms with Crippen molar-refractivity contribution in [2.24, 2.45) is 0 Å². The Hall–Kier alpha value is -2.72. The molecule has 4 N–H and O–H groups in total. The number of anilines is 3. The summed E-state index contributed by atoms with van der Waals surface area (Å²) >= 11 is -0.484. The van der Waals surface area contributed by atoms with E-state index < -0.39 is 45.9 Å². The molecule has 0 bridgehead atoms. The van der Waals surface area contributed by atoms with Crippen LogP contribution < -0.4 is 15.4 Å². The molecule has 0 aromatic heterocycles. The monoisotopic (exact) mass is 645 g/mol. The van der Waals surface area contributed by atoms with Crippen LogP contribution in [-0.4, -0.2) is 49.9 Å². The summed E-state index contributed by atoms with van der Waals surface area (Å²) in [5, 5.41) is 16.3. The number of halogens is 4. The number of amides is 1. The molecule has 3 aromatic rings. The van der Waals surface area contributed by atoms with Crippen LogP contribution in [-0.2, 0) is 17.8 Å². The van der Waals surface area contributed by atoms with Gasteiger partial charge < -0.3 is 25.2 Å². The zero-order chi connectivity index (χ0) is 26.7. The number of benzene rings is 3. The van der Waals surface area contributed by atoms with Crippen LogP contribution in [0.1, 0.15) is 15.9 Å². The van der Waals surface area contributed by atoms with Crippen molar-refractivity contribution in [2.75, 3.05) is 30.3 Å². The minimum absolute atomic E-state index is 0.0778. The van der Waals surface area contributed by atoms with E-state index in [2.05, 4.69) is 15.4 Å². The van der Waals surface area contributed by atoms with Crippen LogP contribution in [0.15, 0.2) is 54.6 Å². The number of nitrogens with zero attached hydrogens (tertiary/aromatic N) is 1. The molecule has 1 fully saturated rings. The maximum Gasteiger partial charge on any atom is 0.256 e. The summed E-state index contributed by atoms with van der Waals surface area (Å²) in [6.07, 6.45) is 0. The third kappa shape index (κ3) is 6.59. The van der Waals surface area contributed by atoms with Crippen LogP contribution in [0, 0.1) is 21.0 Å². The minimum atomic E-state index is -2.39. The predicted molar refractivity (Wildman–Crippen MR) is 140 cm³/mol. The fourth-order valence-corrected chi connectivity index (χ4v) is 4.60. The molecule has 0 spiro atoms. The first kappa shape index (κ1) is 27.3. The number of nitrogens with one attached hydrogen (secondary N) is 3. The zero-order valence-electron chi connectivity index (χ0n) is 19.1. The molecule has 0 saturated carbocycles. The fraction of sp³-hybridized carbons (Fsp3) is 0.208. The molecule has 1 aliphatic heterocycles. The number of aliphatic hydroxyl groups is 1. The quantitative estimate of drug-likeness (QED) is 0.209. The first-order chi connectivity index (χ1) is 17.5. The summed E-state index contributed by atoms with van der Waals surface area (Å²) in [6, 6.07) is 13.0. The maximum atomic E-state index is 14.7. The Morgan fingerprint density at radius 2 is 1.86 bits per heavy atom. The highest BCUT2D eigenvalue weighted by molar-refractivity contribution is 14.1. The molecular weight excluding hydrogens is 624 g/mol. The molecule has 37 heavy (non-hydrogen) atoms. The summed E-state index contributed by atoms with van der Waals surface area (Å²) in [5.41, 5.74) is -0.766. The van der Waals surface area contributed by atoms with E-state index in [-0.39, 0.29) is 37.4 Å². The highest BCUT2D eigenvalue weighted by Crippen LogP contribution is 2.32. The fourth-order valence-electron chi connectivity index (χ4n) is 3.87. The normalized spacial score (nSPS) is 15.1. The highest BCUT2D eigenvalue weighted by Gasteiger charge is 2.44. The molecule has 1 heterocycles. The van der Waals surface area contributed by atoms with Gasteiger partial charge in [-0.15, -0.1) is 0 Å². The number of carbonyl (C=O) groups is 1. The second-order valence-corrected chi connectivity index (χ2v) is 10.5. The number of hydrogen-bond acceptors (Lipinski definition) is 6. The van der Waals surface area contributed by atoms with Gasteiger partial charge in [0.2, 0.25) is 0 Å². The van der Waals surface area contributed by atoms with Gasteiger partial charge in [-0.25, -0.2) is 17.9 Å². The number of carbonyl (C=O) groups excluding carboxylic acids is 1. The minimum Gasteiger partial charge on any atom is -0.760 e. The molecule has 1 amide bonds. The summed E-state index contributed by atoms with van der Waals surface area (Å²) in [4.78, 5) is 14.4. The van der Waals surface area contributed by atoms with E-state index in [1.165, 1.54) is 17.0 Å². The van der Waals surface area contributed by atoms with Crippen molar-refractivity contribution < 1.29 is 31.8 Å². The average molecular weight is 645 g/mol. The van der Waals surface area contributed by atoms with E-state index in [0.717, 1.165) is 12.1 Å². The molecule has 0 radical (unpaired) electrons. The van der Waals surface area contributed by atoms with Crippen LogP contribution in [0.3, 0.4) is 0 Å². The second kappa shape index (κ2) is 11.3. The second-order valence-electron chi connectivity index (χ2n) is 8.53. The van der Waals surface area contributed by atoms with Crippen molar-refractivity contribution in [1.29, 1.82) is 0 Å². The van der Waals surface area contributed by atoms with Crippen molar-refractivity contribution in [2.45, 2.75) is 12.1 Å². The first-order valence-corrected chi connectivity index (χ1v) is 13.1. The smallest absolute Gasteiger partial charge is 0.256 e. The Balaban J connectivity index is 1.42. The standard InChI is InChI=1S/C24H22F3IN4O4S/c25-18-6-5-17(22(21(18)27)31-20-7-4-15(28)9-19(20)26)23(33)32-12-24(34,13-32)11-29-16-3-1-2-14(8-16)10-30-37(35)36/h1-9,29-31,34H,10-13H2,(H,35,36)/p-1. The van der Waals surface area contributed by atoms with Crippen LogP contribution >= 0.6 is 22.6 Å². The van der Waals surface area contributed by atoms with Gasteiger partial charge in [0.25, 0.3) is 5.91 Å². The van der Waals surface area contributed by atoms with Gasteiger partial charge in [0.05, 0.1) is 30.0 Å². The van der Waals surface area contributed by atoms with Gasteiger partial charge >= 0.3 is 0 Å². The van der Waals surface area contributed by atoms with Gasteiger partial charge in [-0.2, -0.15) is 0 Å². The molecule has 1 saturated heterocycles. The Kier molecular flexibility index (Phi) is 8.38. The van der Waals surface area contributed by atoms with Gasteiger partial charge in [-0.3, -0.25) is 9.00 Å². The molecule has 1 unspecified atom stereocenters. The van der Waals surface area contributed by atoms with E-state index in [9.17, 15) is 31.8 Å². The van der Waals surface area contributed by atoms with E-state index >= 15 is 0 Å². The number of likely N-dealkylation sites (tertiary alicyclic amines) is 1. The van der Waals surface area contributed by atoms with Gasteiger partial charge in [0.15, 0.2) is 11.6 Å². The van der Waals surface area contributed by atoms with Crippen molar-refractivity contribution in [3.05, 3.63) is 86.7 Å². The van der Waals surface area contributed by atoms with Crippen LogP contribution in [0.25, 0.3) is 0 Å². The summed E-state index contributed by atoms with van der Waals surface area (Å²) < 4.78 is 67.2. The van der Waals surface area contributed by atoms with Crippen molar-refractivity contribution in [3.8, 4) is 0 Å². The zero-order valence-corrected chi connectivity index (χ0v) is 22.0. The Morgan fingerprint density at radius 1 is 1.11 bits per heavy atom. The largest absolute Gasteiger partial charge is 0.760 e. The highest BCUT2D eigenvalue weighted by atomic mass is 127. The summed E-state index contributed by atoms with van der Waals surface area (Å²) in [6.45, 7) is 0.0317. The molecule has 1 atom stereocenters. The number of β-amino-alcohol motifs (C(OH)–C–C–N with tert-alkyl or cyclic N) is 1. The van der Waals surface area contributed by atoms with Crippen molar-refractivity contribution in [1.82, 2.24) is 9.62 Å². The maximum absolute atomic E-state index is 14.7. The molecule has 0 aliphatic carbocycles. The number of rotatable bonds is 9. The Morgan fingerprint density at radius 3 is 2.57 bits per heavy atom. The molecular formula is C24H21F3IN4O4S-. The average Bonchev–Trinajstić information content (AvgIpc) is 2.84. The SMILES string of the molecule is O=C(c1ccc(F)c(F)c1Nc1ccc(I)cc1F)N1CC(O)(CNc2cccc(CNS(=O)[O-])c2)C1. The third-order valence-electron chi connectivity index (χ3n) is 5.72. The Labute approximate surface area is 226 Å². The Bertz CT molecular complexity index is 1360. The van der Waals surface area contributed by atoms with Gasteiger partial charge in [0.1, 0.15) is 11.4 Å². The van der Waals surface area contributed by atoms with E-state index in [4.69, 9.17) is 0 Å². The van der Waals surface area contributed by atoms with Crippen molar-refractivity contribution in [3.63, 3.8) is 0 Å². The van der Waals surface area contributed by atoms with Gasteiger partial charge in [-0.05, 0) is 70.6 Å². The first-order valence-electron chi connectivity index (χ1n) is 10.9. The van der Waals surface area contributed by atoms with Crippen LogP contribution in [0.5, 0.6) is 0 Å². The lowest BCUT2D eigenvalue weighted by Gasteiger charge is -2.46. The topological polar surface area (TPSA) is 117 Å².